The lowest BCUT2D eigenvalue weighted by Gasteiger charge is -1.83. The molecule has 0 saturated carbocycles. The highest BCUT2D eigenvalue weighted by molar-refractivity contribution is 5.04. The van der Waals surface area contributed by atoms with E-state index >= 15 is 0 Å². The summed E-state index contributed by atoms with van der Waals surface area (Å²) in [5.41, 5.74) is 0.948. The summed E-state index contributed by atoms with van der Waals surface area (Å²) in [7, 11) is 0. The van der Waals surface area contributed by atoms with Crippen molar-refractivity contribution in [3.8, 4) is 0 Å². The number of aliphatic hydroxyl groups is 1. The van der Waals surface area contributed by atoms with Crippen LogP contribution < -0.4 is 0 Å². The van der Waals surface area contributed by atoms with Crippen LogP contribution in [0.4, 0.5) is 0 Å². The minimum atomic E-state index is 0.123. The smallest absolute Gasteiger partial charge is 0.139 e. The topological polar surface area (TPSA) is 46.3 Å². The number of hydrogen-bond donors (Lipinski definition) is 1. The van der Waals surface area contributed by atoms with Crippen molar-refractivity contribution in [3.63, 3.8) is 0 Å². The van der Waals surface area contributed by atoms with Gasteiger partial charge < -0.3 is 9.63 Å². The van der Waals surface area contributed by atoms with Gasteiger partial charge in [0.15, 0.2) is 0 Å². The fourth-order valence-electron chi connectivity index (χ4n) is 0.750. The van der Waals surface area contributed by atoms with Crippen LogP contribution in [0.2, 0.25) is 0 Å². The molecule has 0 amide bonds. The number of nitrogens with zero attached hydrogens (tertiary/aromatic N) is 1. The first-order chi connectivity index (χ1) is 4.86. The Bertz CT molecular complexity index is 195. The zero-order valence-corrected chi connectivity index (χ0v) is 6.00. The van der Waals surface area contributed by atoms with Crippen molar-refractivity contribution in [3.05, 3.63) is 17.5 Å². The molecular formula is C7H11NO2. The molecular weight excluding hydrogens is 130 g/mol. The van der Waals surface area contributed by atoms with Crippen molar-refractivity contribution in [2.75, 3.05) is 6.61 Å². The van der Waals surface area contributed by atoms with E-state index < -0.39 is 0 Å². The summed E-state index contributed by atoms with van der Waals surface area (Å²) in [6.07, 6.45) is 1.45. The highest BCUT2D eigenvalue weighted by Gasteiger charge is 1.99. The summed E-state index contributed by atoms with van der Waals surface area (Å²) < 4.78 is 4.89. The Morgan fingerprint density at radius 1 is 1.70 bits per heavy atom. The van der Waals surface area contributed by atoms with Gasteiger partial charge in [0.05, 0.1) is 12.3 Å². The van der Waals surface area contributed by atoms with E-state index in [9.17, 15) is 0 Å². The van der Waals surface area contributed by atoms with E-state index in [1.54, 1.807) is 0 Å². The van der Waals surface area contributed by atoms with E-state index in [2.05, 4.69) is 5.16 Å². The molecule has 3 nitrogen and oxygen atoms in total. The summed E-state index contributed by atoms with van der Waals surface area (Å²) in [6.45, 7) is 2.14. The van der Waals surface area contributed by atoms with Crippen LogP contribution >= 0.6 is 0 Å². The lowest BCUT2D eigenvalue weighted by atomic mass is 10.3. The molecule has 0 aromatic carbocycles. The number of aryl methyl sites for hydroxylation is 1. The first-order valence-corrected chi connectivity index (χ1v) is 3.42. The van der Waals surface area contributed by atoms with Gasteiger partial charge >= 0.3 is 0 Å². The summed E-state index contributed by atoms with van der Waals surface area (Å²) in [5.74, 6) is 0.763. The molecule has 0 aliphatic rings. The molecule has 1 aromatic rings. The van der Waals surface area contributed by atoms with Crippen LogP contribution in [0.25, 0.3) is 0 Å². The van der Waals surface area contributed by atoms with Gasteiger partial charge in [-0.3, -0.25) is 0 Å². The molecule has 0 radical (unpaired) electrons. The number of rotatable bonds is 3. The Hall–Kier alpha value is -0.830. The third-order valence-electron chi connectivity index (χ3n) is 1.33. The predicted molar refractivity (Wildman–Crippen MR) is 36.7 cm³/mol. The van der Waals surface area contributed by atoms with Crippen molar-refractivity contribution < 1.29 is 9.63 Å². The van der Waals surface area contributed by atoms with E-state index in [4.69, 9.17) is 9.63 Å². The molecule has 0 saturated heterocycles. The summed E-state index contributed by atoms with van der Waals surface area (Å²) >= 11 is 0. The Morgan fingerprint density at radius 2 is 2.50 bits per heavy atom. The third-order valence-corrected chi connectivity index (χ3v) is 1.33. The van der Waals surface area contributed by atoms with Crippen molar-refractivity contribution >= 4 is 0 Å². The minimum Gasteiger partial charge on any atom is -0.396 e. The average Bonchev–Trinajstić information content (AvgIpc) is 2.37. The number of aliphatic hydroxyl groups excluding tert-OH is 1. The van der Waals surface area contributed by atoms with Crippen molar-refractivity contribution in [2.24, 2.45) is 0 Å². The summed E-state index contributed by atoms with van der Waals surface area (Å²) in [4.78, 5) is 0. The molecule has 0 bridgehead atoms. The summed E-state index contributed by atoms with van der Waals surface area (Å²) in [5, 5.41) is 12.3. The third kappa shape index (κ3) is 1.57. The van der Waals surface area contributed by atoms with E-state index in [1.165, 1.54) is 0 Å². The second kappa shape index (κ2) is 3.37. The summed E-state index contributed by atoms with van der Waals surface area (Å²) in [6, 6.07) is 1.87. The first-order valence-electron chi connectivity index (χ1n) is 3.42. The van der Waals surface area contributed by atoms with Gasteiger partial charge in [-0.05, 0) is 6.42 Å². The largest absolute Gasteiger partial charge is 0.396 e. The van der Waals surface area contributed by atoms with Crippen molar-refractivity contribution in [2.45, 2.75) is 19.8 Å². The van der Waals surface area contributed by atoms with Crippen LogP contribution in [0.15, 0.2) is 10.6 Å². The fraction of sp³-hybridized carbons (Fsp3) is 0.571. The standard InChI is InChI=1S/C7H11NO2/c1-2-6-5-7(3-4-9)10-8-6/h5,9H,2-4H2,1H3. The Kier molecular flexibility index (Phi) is 2.45. The predicted octanol–water partition coefficient (Wildman–Crippen LogP) is 0.772. The molecule has 3 heteroatoms. The van der Waals surface area contributed by atoms with E-state index in [-0.39, 0.29) is 6.61 Å². The molecule has 0 aliphatic heterocycles. The Labute approximate surface area is 59.7 Å². The van der Waals surface area contributed by atoms with Crippen LogP contribution in [-0.2, 0) is 12.8 Å². The average molecular weight is 141 g/mol. The van der Waals surface area contributed by atoms with Crippen LogP contribution in [-0.4, -0.2) is 16.9 Å². The lowest BCUT2D eigenvalue weighted by Crippen LogP contribution is -1.86. The lowest BCUT2D eigenvalue weighted by molar-refractivity contribution is 0.277. The van der Waals surface area contributed by atoms with Crippen molar-refractivity contribution in [1.82, 2.24) is 5.16 Å². The van der Waals surface area contributed by atoms with Gasteiger partial charge in [-0.2, -0.15) is 0 Å². The molecule has 0 atom stereocenters. The van der Waals surface area contributed by atoms with Gasteiger partial charge in [-0.1, -0.05) is 12.1 Å². The second-order valence-corrected chi connectivity index (χ2v) is 2.11. The highest BCUT2D eigenvalue weighted by atomic mass is 16.5. The molecule has 0 spiro atoms. The normalized spacial score (nSPS) is 10.2. The first kappa shape index (κ1) is 7.28. The van der Waals surface area contributed by atoms with Crippen LogP contribution in [0.1, 0.15) is 18.4 Å². The molecule has 1 aromatic heterocycles. The van der Waals surface area contributed by atoms with E-state index in [0.717, 1.165) is 17.9 Å². The van der Waals surface area contributed by atoms with Crippen molar-refractivity contribution in [1.29, 1.82) is 0 Å². The highest BCUT2D eigenvalue weighted by Crippen LogP contribution is 2.03. The van der Waals surface area contributed by atoms with E-state index in [1.807, 2.05) is 13.0 Å². The maximum atomic E-state index is 8.51. The molecule has 1 rings (SSSR count). The quantitative estimate of drug-likeness (QED) is 0.676. The number of aromatic nitrogens is 1. The van der Waals surface area contributed by atoms with Gasteiger partial charge in [-0.25, -0.2) is 0 Å². The van der Waals surface area contributed by atoms with Crippen LogP contribution in [0.5, 0.6) is 0 Å². The molecule has 10 heavy (non-hydrogen) atoms. The Morgan fingerprint density at radius 3 is 3.00 bits per heavy atom. The zero-order chi connectivity index (χ0) is 7.40. The van der Waals surface area contributed by atoms with Crippen LogP contribution in [0, 0.1) is 0 Å². The molecule has 1 heterocycles. The Balaban J connectivity index is 2.59. The number of hydrogen-bond acceptors (Lipinski definition) is 3. The molecule has 56 valence electrons. The van der Waals surface area contributed by atoms with Gasteiger partial charge in [-0.15, -0.1) is 0 Å². The monoisotopic (exact) mass is 141 g/mol. The molecule has 0 fully saturated rings. The van der Waals surface area contributed by atoms with Gasteiger partial charge in [0.25, 0.3) is 0 Å². The molecule has 0 aliphatic carbocycles. The van der Waals surface area contributed by atoms with Gasteiger partial charge in [0, 0.05) is 12.5 Å². The minimum absolute atomic E-state index is 0.123. The fourth-order valence-corrected chi connectivity index (χ4v) is 0.750. The second-order valence-electron chi connectivity index (χ2n) is 2.11. The van der Waals surface area contributed by atoms with Crippen LogP contribution in [0.3, 0.4) is 0 Å². The maximum Gasteiger partial charge on any atom is 0.139 e. The van der Waals surface area contributed by atoms with E-state index in [0.29, 0.717) is 6.42 Å². The van der Waals surface area contributed by atoms with Gasteiger partial charge in [0.2, 0.25) is 0 Å². The SMILES string of the molecule is CCc1cc(CCO)on1. The molecule has 1 N–H and O–H groups in total. The zero-order valence-electron chi connectivity index (χ0n) is 6.00. The maximum absolute atomic E-state index is 8.51. The molecule has 0 unspecified atom stereocenters. The van der Waals surface area contributed by atoms with Gasteiger partial charge in [0.1, 0.15) is 5.76 Å².